The Morgan fingerprint density at radius 1 is 1.09 bits per heavy atom. The van der Waals surface area contributed by atoms with Crippen molar-refractivity contribution in [1.82, 2.24) is 19.7 Å². The van der Waals surface area contributed by atoms with E-state index in [1.807, 2.05) is 35.9 Å². The molecule has 2 N–H and O–H groups in total. The number of benzene rings is 1. The maximum absolute atomic E-state index is 6.15. The molecule has 0 spiro atoms. The van der Waals surface area contributed by atoms with Crippen molar-refractivity contribution < 1.29 is 0 Å². The standard InChI is InChI=1S/C16H18ClN5/c1-9-19-14(18)12-13(10-5-7-11(17)8-6-10)21-22(15(12)20-9)16(2,3)4/h5-8H,1-4H3,(H2,18,19,20). The number of nitrogens with two attached hydrogens (primary N) is 1. The Morgan fingerprint density at radius 3 is 2.32 bits per heavy atom. The zero-order valence-corrected chi connectivity index (χ0v) is 13.8. The first-order valence-corrected chi connectivity index (χ1v) is 7.44. The molecule has 0 unspecified atom stereocenters. The highest BCUT2D eigenvalue weighted by molar-refractivity contribution is 6.30. The van der Waals surface area contributed by atoms with Gasteiger partial charge in [0.1, 0.15) is 17.3 Å². The smallest absolute Gasteiger partial charge is 0.164 e. The quantitative estimate of drug-likeness (QED) is 0.741. The summed E-state index contributed by atoms with van der Waals surface area (Å²) in [6.45, 7) is 8.08. The molecule has 22 heavy (non-hydrogen) atoms. The van der Waals surface area contributed by atoms with E-state index in [4.69, 9.17) is 22.4 Å². The fourth-order valence-electron chi connectivity index (χ4n) is 2.43. The predicted octanol–water partition coefficient (Wildman–Crippen LogP) is 3.79. The van der Waals surface area contributed by atoms with Gasteiger partial charge in [0.05, 0.1) is 10.9 Å². The third-order valence-corrected chi connectivity index (χ3v) is 3.67. The van der Waals surface area contributed by atoms with E-state index in [9.17, 15) is 0 Å². The summed E-state index contributed by atoms with van der Waals surface area (Å²) in [7, 11) is 0. The lowest BCUT2D eigenvalue weighted by Gasteiger charge is -2.19. The molecular weight excluding hydrogens is 298 g/mol. The average Bonchev–Trinajstić information content (AvgIpc) is 2.79. The number of hydrogen-bond donors (Lipinski definition) is 1. The molecule has 0 amide bonds. The van der Waals surface area contributed by atoms with Gasteiger partial charge in [-0.1, -0.05) is 23.7 Å². The molecule has 2 aromatic heterocycles. The molecule has 5 nitrogen and oxygen atoms in total. The van der Waals surface area contributed by atoms with Gasteiger partial charge in [-0.05, 0) is 39.8 Å². The van der Waals surface area contributed by atoms with Crippen LogP contribution in [0, 0.1) is 6.92 Å². The second kappa shape index (κ2) is 4.95. The topological polar surface area (TPSA) is 69.6 Å². The van der Waals surface area contributed by atoms with Crippen molar-refractivity contribution in [2.75, 3.05) is 5.73 Å². The third kappa shape index (κ3) is 2.41. The summed E-state index contributed by atoms with van der Waals surface area (Å²) in [4.78, 5) is 8.84. The number of halogens is 1. The van der Waals surface area contributed by atoms with Gasteiger partial charge < -0.3 is 5.73 Å². The first kappa shape index (κ1) is 14.8. The zero-order valence-electron chi connectivity index (χ0n) is 13.1. The minimum atomic E-state index is -0.212. The number of nitrogen functional groups attached to an aromatic ring is 1. The Kier molecular flexibility index (Phi) is 3.33. The van der Waals surface area contributed by atoms with E-state index in [2.05, 4.69) is 30.7 Å². The van der Waals surface area contributed by atoms with Crippen LogP contribution in [0.4, 0.5) is 5.82 Å². The molecule has 0 aliphatic carbocycles. The van der Waals surface area contributed by atoms with Gasteiger partial charge in [-0.2, -0.15) is 5.10 Å². The summed E-state index contributed by atoms with van der Waals surface area (Å²) in [5.74, 6) is 1.08. The van der Waals surface area contributed by atoms with Gasteiger partial charge in [-0.3, -0.25) is 0 Å². The largest absolute Gasteiger partial charge is 0.383 e. The van der Waals surface area contributed by atoms with E-state index < -0.39 is 0 Å². The fourth-order valence-corrected chi connectivity index (χ4v) is 2.56. The van der Waals surface area contributed by atoms with Gasteiger partial charge >= 0.3 is 0 Å². The van der Waals surface area contributed by atoms with Crippen LogP contribution in [0.2, 0.25) is 5.02 Å². The molecule has 1 aromatic carbocycles. The number of aryl methyl sites for hydroxylation is 1. The van der Waals surface area contributed by atoms with Crippen LogP contribution >= 0.6 is 11.6 Å². The summed E-state index contributed by atoms with van der Waals surface area (Å²) in [5, 5.41) is 6.22. The molecule has 0 bridgehead atoms. The van der Waals surface area contributed by atoms with E-state index in [1.165, 1.54) is 0 Å². The molecule has 0 aliphatic heterocycles. The number of hydrogen-bond acceptors (Lipinski definition) is 4. The number of fused-ring (bicyclic) bond motifs is 1. The van der Waals surface area contributed by atoms with E-state index in [1.54, 1.807) is 0 Å². The van der Waals surface area contributed by atoms with E-state index >= 15 is 0 Å². The van der Waals surface area contributed by atoms with E-state index in [0.717, 1.165) is 22.3 Å². The summed E-state index contributed by atoms with van der Waals surface area (Å²) in [5.41, 5.74) is 8.41. The highest BCUT2D eigenvalue weighted by atomic mass is 35.5. The van der Waals surface area contributed by atoms with E-state index in [0.29, 0.717) is 16.7 Å². The molecule has 0 aliphatic rings. The van der Waals surface area contributed by atoms with Crippen LogP contribution in [0.15, 0.2) is 24.3 Å². The lowest BCUT2D eigenvalue weighted by atomic mass is 10.1. The van der Waals surface area contributed by atoms with Crippen LogP contribution in [-0.2, 0) is 5.54 Å². The van der Waals surface area contributed by atoms with Gasteiger partial charge in [0.25, 0.3) is 0 Å². The van der Waals surface area contributed by atoms with Gasteiger partial charge in [0.2, 0.25) is 0 Å². The number of anilines is 1. The van der Waals surface area contributed by atoms with Crippen molar-refractivity contribution >= 4 is 28.5 Å². The van der Waals surface area contributed by atoms with Crippen LogP contribution in [0.3, 0.4) is 0 Å². The molecule has 0 radical (unpaired) electrons. The maximum Gasteiger partial charge on any atom is 0.164 e. The van der Waals surface area contributed by atoms with Crippen molar-refractivity contribution in [2.45, 2.75) is 33.2 Å². The minimum Gasteiger partial charge on any atom is -0.383 e. The Bertz CT molecular complexity index is 844. The van der Waals surface area contributed by atoms with Crippen molar-refractivity contribution in [3.8, 4) is 11.3 Å². The van der Waals surface area contributed by atoms with Crippen molar-refractivity contribution in [3.05, 3.63) is 35.1 Å². The molecule has 2 heterocycles. The average molecular weight is 316 g/mol. The normalized spacial score (nSPS) is 12.0. The summed E-state index contributed by atoms with van der Waals surface area (Å²) in [6, 6.07) is 7.53. The van der Waals surface area contributed by atoms with Crippen LogP contribution in [-0.4, -0.2) is 19.7 Å². The third-order valence-electron chi connectivity index (χ3n) is 3.42. The molecule has 0 saturated heterocycles. The van der Waals surface area contributed by atoms with E-state index in [-0.39, 0.29) is 5.54 Å². The summed E-state index contributed by atoms with van der Waals surface area (Å²) >= 11 is 5.97. The number of aromatic nitrogens is 4. The van der Waals surface area contributed by atoms with Gasteiger partial charge in [-0.15, -0.1) is 0 Å². The monoisotopic (exact) mass is 315 g/mol. The first-order valence-electron chi connectivity index (χ1n) is 7.06. The SMILES string of the molecule is Cc1nc(N)c2c(-c3ccc(Cl)cc3)nn(C(C)(C)C)c2n1. The van der Waals surface area contributed by atoms with Gasteiger partial charge in [0.15, 0.2) is 5.65 Å². The Balaban J connectivity index is 2.38. The minimum absolute atomic E-state index is 0.212. The van der Waals surface area contributed by atoms with Crippen LogP contribution < -0.4 is 5.73 Å². The summed E-state index contributed by atoms with van der Waals surface area (Å²) < 4.78 is 1.90. The summed E-state index contributed by atoms with van der Waals surface area (Å²) in [6.07, 6.45) is 0. The first-order chi connectivity index (χ1) is 10.3. The second-order valence-corrected chi connectivity index (χ2v) is 6.73. The fraction of sp³-hybridized carbons (Fsp3) is 0.312. The lowest BCUT2D eigenvalue weighted by molar-refractivity contribution is 0.366. The Hall–Kier alpha value is -2.14. The van der Waals surface area contributed by atoms with Crippen LogP contribution in [0.1, 0.15) is 26.6 Å². The number of rotatable bonds is 1. The van der Waals surface area contributed by atoms with Gasteiger partial charge in [-0.25, -0.2) is 14.6 Å². The molecule has 0 atom stereocenters. The highest BCUT2D eigenvalue weighted by Gasteiger charge is 2.24. The molecular formula is C16H18ClN5. The Morgan fingerprint density at radius 2 is 1.73 bits per heavy atom. The molecule has 3 rings (SSSR count). The van der Waals surface area contributed by atoms with Crippen molar-refractivity contribution in [2.24, 2.45) is 0 Å². The molecule has 0 fully saturated rings. The Labute approximate surface area is 134 Å². The van der Waals surface area contributed by atoms with Crippen molar-refractivity contribution in [3.63, 3.8) is 0 Å². The van der Waals surface area contributed by atoms with Gasteiger partial charge in [0, 0.05) is 10.6 Å². The molecule has 3 aromatic rings. The lowest BCUT2D eigenvalue weighted by Crippen LogP contribution is -2.23. The predicted molar refractivity (Wildman–Crippen MR) is 89.9 cm³/mol. The molecule has 6 heteroatoms. The molecule has 0 saturated carbocycles. The zero-order chi connectivity index (χ0) is 16.1. The molecule has 114 valence electrons. The van der Waals surface area contributed by atoms with Crippen LogP contribution in [0.5, 0.6) is 0 Å². The second-order valence-electron chi connectivity index (χ2n) is 6.29. The highest BCUT2D eigenvalue weighted by Crippen LogP contribution is 2.33. The maximum atomic E-state index is 6.15. The number of nitrogens with zero attached hydrogens (tertiary/aromatic N) is 4. The van der Waals surface area contributed by atoms with Crippen LogP contribution in [0.25, 0.3) is 22.3 Å². The van der Waals surface area contributed by atoms with Crippen molar-refractivity contribution in [1.29, 1.82) is 0 Å².